The van der Waals surface area contributed by atoms with E-state index in [0.717, 1.165) is 25.4 Å². The van der Waals surface area contributed by atoms with E-state index >= 15 is 0 Å². The summed E-state index contributed by atoms with van der Waals surface area (Å²) in [6.07, 6.45) is 6.17. The van der Waals surface area contributed by atoms with Crippen LogP contribution in [0.1, 0.15) is 30.5 Å². The van der Waals surface area contributed by atoms with E-state index in [2.05, 4.69) is 17.0 Å². The zero-order valence-electron chi connectivity index (χ0n) is 10.2. The van der Waals surface area contributed by atoms with E-state index in [9.17, 15) is 0 Å². The molecular formula is C14H19ClN2. The summed E-state index contributed by atoms with van der Waals surface area (Å²) in [6, 6.07) is 4.47. The molecule has 3 heteroatoms. The Morgan fingerprint density at radius 3 is 3.12 bits per heavy atom. The first-order valence-corrected chi connectivity index (χ1v) is 7.20. The van der Waals surface area contributed by atoms with E-state index in [4.69, 9.17) is 16.6 Å². The van der Waals surface area contributed by atoms with Crippen LogP contribution < -0.4 is 4.90 Å². The Balaban J connectivity index is 1.79. The summed E-state index contributed by atoms with van der Waals surface area (Å²) in [5, 5.41) is 0. The highest BCUT2D eigenvalue weighted by Crippen LogP contribution is 2.26. The van der Waals surface area contributed by atoms with Gasteiger partial charge in [0.25, 0.3) is 0 Å². The minimum Gasteiger partial charge on any atom is -0.356 e. The van der Waals surface area contributed by atoms with Gasteiger partial charge in [-0.3, -0.25) is 0 Å². The normalized spacial score (nSPS) is 23.8. The first kappa shape index (κ1) is 11.3. The van der Waals surface area contributed by atoms with Gasteiger partial charge in [0, 0.05) is 24.7 Å². The number of alkyl halides is 1. The van der Waals surface area contributed by atoms with Gasteiger partial charge in [-0.2, -0.15) is 0 Å². The van der Waals surface area contributed by atoms with Crippen LogP contribution in [0.2, 0.25) is 0 Å². The third-order valence-corrected chi connectivity index (χ3v) is 4.41. The van der Waals surface area contributed by atoms with Gasteiger partial charge in [-0.15, -0.1) is 11.6 Å². The molecule has 0 bridgehead atoms. The van der Waals surface area contributed by atoms with E-state index in [1.165, 1.54) is 42.8 Å². The monoisotopic (exact) mass is 250 g/mol. The highest BCUT2D eigenvalue weighted by atomic mass is 35.5. The van der Waals surface area contributed by atoms with Crippen molar-refractivity contribution in [2.45, 2.75) is 32.1 Å². The summed E-state index contributed by atoms with van der Waals surface area (Å²) in [7, 11) is 0. The second-order valence-corrected chi connectivity index (χ2v) is 5.55. The summed E-state index contributed by atoms with van der Waals surface area (Å²) in [6.45, 7) is 2.22. The van der Waals surface area contributed by atoms with E-state index in [1.807, 2.05) is 0 Å². The van der Waals surface area contributed by atoms with Crippen LogP contribution in [0, 0.1) is 5.92 Å². The molecule has 0 radical (unpaired) electrons. The molecule has 1 aliphatic heterocycles. The predicted molar refractivity (Wildman–Crippen MR) is 71.9 cm³/mol. The number of nitrogens with zero attached hydrogens (tertiary/aromatic N) is 2. The number of pyridine rings is 1. The molecule has 1 aromatic heterocycles. The van der Waals surface area contributed by atoms with Crippen LogP contribution in [0.15, 0.2) is 12.1 Å². The fourth-order valence-electron chi connectivity index (χ4n) is 2.98. The van der Waals surface area contributed by atoms with Crippen molar-refractivity contribution in [2.75, 3.05) is 23.9 Å². The standard InChI is InChI=1S/C14H19ClN2/c15-9-11-3-2-8-17(10-11)14-7-6-12-4-1-5-13(12)16-14/h6-7,11H,1-5,8-10H2. The highest BCUT2D eigenvalue weighted by Gasteiger charge is 2.21. The minimum absolute atomic E-state index is 0.639. The maximum Gasteiger partial charge on any atom is 0.128 e. The second-order valence-electron chi connectivity index (χ2n) is 5.24. The predicted octanol–water partition coefficient (Wildman–Crippen LogP) is 3.03. The van der Waals surface area contributed by atoms with Gasteiger partial charge in [-0.25, -0.2) is 4.98 Å². The van der Waals surface area contributed by atoms with Crippen molar-refractivity contribution in [3.05, 3.63) is 23.4 Å². The average molecular weight is 251 g/mol. The number of aromatic nitrogens is 1. The Morgan fingerprint density at radius 1 is 1.29 bits per heavy atom. The Bertz CT molecular complexity index is 405. The first-order chi connectivity index (χ1) is 8.36. The number of halogens is 1. The zero-order chi connectivity index (χ0) is 11.7. The lowest BCUT2D eigenvalue weighted by Gasteiger charge is -2.32. The molecule has 92 valence electrons. The molecule has 1 atom stereocenters. The van der Waals surface area contributed by atoms with Crippen molar-refractivity contribution in [3.63, 3.8) is 0 Å². The molecule has 17 heavy (non-hydrogen) atoms. The topological polar surface area (TPSA) is 16.1 Å². The number of piperidine rings is 1. The maximum atomic E-state index is 5.98. The Labute approximate surface area is 108 Å². The van der Waals surface area contributed by atoms with Crippen LogP contribution in [0.25, 0.3) is 0 Å². The quantitative estimate of drug-likeness (QED) is 0.750. The summed E-state index contributed by atoms with van der Waals surface area (Å²) in [5.41, 5.74) is 2.79. The van der Waals surface area contributed by atoms with Crippen LogP contribution in [0.4, 0.5) is 5.82 Å². The van der Waals surface area contributed by atoms with Crippen LogP contribution in [-0.4, -0.2) is 24.0 Å². The summed E-state index contributed by atoms with van der Waals surface area (Å²) >= 11 is 5.98. The van der Waals surface area contributed by atoms with Gasteiger partial charge in [0.05, 0.1) is 0 Å². The van der Waals surface area contributed by atoms with Crippen molar-refractivity contribution in [1.29, 1.82) is 0 Å². The van der Waals surface area contributed by atoms with Crippen LogP contribution in [-0.2, 0) is 12.8 Å². The fraction of sp³-hybridized carbons (Fsp3) is 0.643. The second kappa shape index (κ2) is 4.85. The molecule has 0 N–H and O–H groups in total. The van der Waals surface area contributed by atoms with Crippen molar-refractivity contribution < 1.29 is 0 Å². The van der Waals surface area contributed by atoms with Gasteiger partial charge in [-0.05, 0) is 49.7 Å². The fourth-order valence-corrected chi connectivity index (χ4v) is 3.24. The molecule has 0 aromatic carbocycles. The molecule has 1 aliphatic carbocycles. The molecule has 0 amide bonds. The molecule has 1 fully saturated rings. The Hall–Kier alpha value is -0.760. The van der Waals surface area contributed by atoms with Crippen molar-refractivity contribution in [3.8, 4) is 0 Å². The third-order valence-electron chi connectivity index (χ3n) is 3.97. The van der Waals surface area contributed by atoms with Gasteiger partial charge in [-0.1, -0.05) is 6.07 Å². The van der Waals surface area contributed by atoms with Gasteiger partial charge in [0.15, 0.2) is 0 Å². The molecule has 0 saturated carbocycles. The highest BCUT2D eigenvalue weighted by molar-refractivity contribution is 6.18. The number of hydrogen-bond donors (Lipinski definition) is 0. The van der Waals surface area contributed by atoms with Crippen molar-refractivity contribution in [1.82, 2.24) is 4.98 Å². The molecule has 2 heterocycles. The van der Waals surface area contributed by atoms with E-state index < -0.39 is 0 Å². The SMILES string of the molecule is ClCC1CCCN(c2ccc3c(n2)CCC3)C1. The largest absolute Gasteiger partial charge is 0.356 e. The molecule has 1 unspecified atom stereocenters. The van der Waals surface area contributed by atoms with Crippen molar-refractivity contribution >= 4 is 17.4 Å². The zero-order valence-corrected chi connectivity index (χ0v) is 10.9. The number of anilines is 1. The molecule has 3 rings (SSSR count). The maximum absolute atomic E-state index is 5.98. The minimum atomic E-state index is 0.639. The molecule has 1 saturated heterocycles. The molecule has 2 nitrogen and oxygen atoms in total. The summed E-state index contributed by atoms with van der Waals surface area (Å²) in [5.74, 6) is 2.59. The first-order valence-electron chi connectivity index (χ1n) is 6.66. The Kier molecular flexibility index (Phi) is 3.24. The lowest BCUT2D eigenvalue weighted by molar-refractivity contribution is 0.448. The summed E-state index contributed by atoms with van der Waals surface area (Å²) < 4.78 is 0. The van der Waals surface area contributed by atoms with Crippen LogP contribution in [0.5, 0.6) is 0 Å². The summed E-state index contributed by atoms with van der Waals surface area (Å²) in [4.78, 5) is 7.24. The van der Waals surface area contributed by atoms with Gasteiger partial charge < -0.3 is 4.90 Å². The smallest absolute Gasteiger partial charge is 0.128 e. The van der Waals surface area contributed by atoms with E-state index in [-0.39, 0.29) is 0 Å². The molecular weight excluding hydrogens is 232 g/mol. The van der Waals surface area contributed by atoms with E-state index in [0.29, 0.717) is 5.92 Å². The van der Waals surface area contributed by atoms with E-state index in [1.54, 1.807) is 0 Å². The van der Waals surface area contributed by atoms with Crippen molar-refractivity contribution in [2.24, 2.45) is 5.92 Å². The van der Waals surface area contributed by atoms with Crippen LogP contribution >= 0.6 is 11.6 Å². The number of aryl methyl sites for hydroxylation is 2. The third kappa shape index (κ3) is 2.28. The Morgan fingerprint density at radius 2 is 2.24 bits per heavy atom. The number of rotatable bonds is 2. The van der Waals surface area contributed by atoms with Gasteiger partial charge >= 0.3 is 0 Å². The molecule has 2 aliphatic rings. The molecule has 0 spiro atoms. The average Bonchev–Trinajstić information content (AvgIpc) is 2.86. The molecule has 1 aromatic rings. The van der Waals surface area contributed by atoms with Gasteiger partial charge in [0.1, 0.15) is 5.82 Å². The number of fused-ring (bicyclic) bond motifs is 1. The lowest BCUT2D eigenvalue weighted by atomic mass is 10.00. The number of hydrogen-bond acceptors (Lipinski definition) is 2. The lowest BCUT2D eigenvalue weighted by Crippen LogP contribution is -2.36. The van der Waals surface area contributed by atoms with Crippen LogP contribution in [0.3, 0.4) is 0 Å². The van der Waals surface area contributed by atoms with Gasteiger partial charge in [0.2, 0.25) is 0 Å².